The third-order valence-corrected chi connectivity index (χ3v) is 6.99. The highest BCUT2D eigenvalue weighted by Gasteiger charge is 2.26. The maximum atomic E-state index is 13.7. The number of allylic oxidation sites excluding steroid dienone is 2. The van der Waals surface area contributed by atoms with Gasteiger partial charge in [0.05, 0.1) is 5.88 Å². The van der Waals surface area contributed by atoms with Crippen LogP contribution in [-0.2, 0) is 37.6 Å². The number of anilines is 2. The van der Waals surface area contributed by atoms with Gasteiger partial charge >= 0.3 is 5.69 Å². The molecule has 0 radical (unpaired) electrons. The second kappa shape index (κ2) is 11.4. The zero-order chi connectivity index (χ0) is 26.7. The van der Waals surface area contributed by atoms with Gasteiger partial charge in [0.1, 0.15) is 0 Å². The topological polar surface area (TPSA) is 143 Å². The molecule has 0 spiro atoms. The molecule has 1 aromatic carbocycles. The van der Waals surface area contributed by atoms with Crippen molar-refractivity contribution in [3.63, 3.8) is 0 Å². The molecule has 0 aliphatic carbocycles. The number of hydrogen-bond acceptors (Lipinski definition) is 8. The molecule has 12 heteroatoms. The lowest BCUT2D eigenvalue weighted by Crippen LogP contribution is -2.44. The SMILES string of the molecule is CC(C)=CCn1c(N2CCCC(N)C2)nc2c1c(=O)n(CCc1ccc(NCS(=O)[O-])cc1)c(=O)n2C. The maximum absolute atomic E-state index is 13.7. The number of imidazole rings is 1. The summed E-state index contributed by atoms with van der Waals surface area (Å²) in [7, 11) is 1.64. The number of nitrogens with zero attached hydrogens (tertiary/aromatic N) is 5. The summed E-state index contributed by atoms with van der Waals surface area (Å²) in [4.78, 5) is 33.8. The van der Waals surface area contributed by atoms with Crippen LogP contribution in [0.3, 0.4) is 0 Å². The molecule has 3 N–H and O–H groups in total. The Labute approximate surface area is 217 Å². The van der Waals surface area contributed by atoms with Crippen LogP contribution in [0.5, 0.6) is 0 Å². The lowest BCUT2D eigenvalue weighted by molar-refractivity contribution is 0.495. The normalized spacial score (nSPS) is 16.7. The van der Waals surface area contributed by atoms with Crippen molar-refractivity contribution < 1.29 is 8.76 Å². The molecule has 200 valence electrons. The number of nitrogens with one attached hydrogen (secondary N) is 1. The van der Waals surface area contributed by atoms with Crippen molar-refractivity contribution in [2.75, 3.05) is 29.2 Å². The number of aryl methyl sites for hydroxylation is 2. The molecule has 11 nitrogen and oxygen atoms in total. The van der Waals surface area contributed by atoms with Crippen LogP contribution >= 0.6 is 0 Å². The predicted octanol–water partition coefficient (Wildman–Crippen LogP) is 1.28. The van der Waals surface area contributed by atoms with Gasteiger partial charge < -0.3 is 25.1 Å². The fourth-order valence-electron chi connectivity index (χ4n) is 4.61. The Morgan fingerprint density at radius 1 is 1.24 bits per heavy atom. The largest absolute Gasteiger partial charge is 0.771 e. The highest BCUT2D eigenvalue weighted by molar-refractivity contribution is 7.79. The molecular weight excluding hydrogens is 494 g/mol. The van der Waals surface area contributed by atoms with Gasteiger partial charge in [0.15, 0.2) is 11.2 Å². The Morgan fingerprint density at radius 3 is 2.62 bits per heavy atom. The van der Waals surface area contributed by atoms with E-state index >= 15 is 0 Å². The summed E-state index contributed by atoms with van der Waals surface area (Å²) in [6.45, 7) is 6.13. The van der Waals surface area contributed by atoms with Gasteiger partial charge in [0.2, 0.25) is 5.95 Å². The number of hydrogen-bond donors (Lipinski definition) is 2. The van der Waals surface area contributed by atoms with Gasteiger partial charge in [-0.05, 0) is 61.9 Å². The van der Waals surface area contributed by atoms with E-state index < -0.39 is 16.8 Å². The van der Waals surface area contributed by atoms with Crippen LogP contribution in [0.2, 0.25) is 0 Å². The zero-order valence-electron chi connectivity index (χ0n) is 21.5. The smallest absolute Gasteiger partial charge is 0.332 e. The summed E-state index contributed by atoms with van der Waals surface area (Å²) < 4.78 is 26.1. The summed E-state index contributed by atoms with van der Waals surface area (Å²) in [6, 6.07) is 7.28. The van der Waals surface area contributed by atoms with Crippen LogP contribution in [0.4, 0.5) is 11.6 Å². The molecule has 37 heavy (non-hydrogen) atoms. The van der Waals surface area contributed by atoms with Gasteiger partial charge in [-0.25, -0.2) is 4.79 Å². The van der Waals surface area contributed by atoms with E-state index in [0.29, 0.717) is 42.3 Å². The van der Waals surface area contributed by atoms with E-state index in [-0.39, 0.29) is 24.0 Å². The summed E-state index contributed by atoms with van der Waals surface area (Å²) in [5, 5.41) is 2.80. The Bertz CT molecular complexity index is 1430. The highest BCUT2D eigenvalue weighted by atomic mass is 32.2. The number of benzene rings is 1. The van der Waals surface area contributed by atoms with Crippen molar-refractivity contribution in [1.29, 1.82) is 0 Å². The van der Waals surface area contributed by atoms with E-state index in [1.807, 2.05) is 36.6 Å². The van der Waals surface area contributed by atoms with Gasteiger partial charge in [-0.3, -0.25) is 18.1 Å². The molecule has 0 saturated carbocycles. The summed E-state index contributed by atoms with van der Waals surface area (Å²) in [5.41, 5.74) is 8.94. The van der Waals surface area contributed by atoms with Crippen molar-refractivity contribution in [2.45, 2.75) is 52.2 Å². The van der Waals surface area contributed by atoms with Crippen LogP contribution in [0.1, 0.15) is 32.3 Å². The van der Waals surface area contributed by atoms with Crippen LogP contribution in [0, 0.1) is 0 Å². The number of aromatic nitrogens is 4. The monoisotopic (exact) mass is 528 g/mol. The first-order valence-corrected chi connectivity index (χ1v) is 13.6. The van der Waals surface area contributed by atoms with Crippen LogP contribution in [0.15, 0.2) is 45.5 Å². The van der Waals surface area contributed by atoms with E-state index in [2.05, 4.69) is 10.2 Å². The van der Waals surface area contributed by atoms with Gasteiger partial charge in [-0.15, -0.1) is 0 Å². The minimum Gasteiger partial charge on any atom is -0.771 e. The number of nitrogens with two attached hydrogens (primary N) is 1. The summed E-state index contributed by atoms with van der Waals surface area (Å²) in [5.74, 6) is 0.492. The minimum absolute atomic E-state index is 0.0370. The minimum atomic E-state index is -2.18. The van der Waals surface area contributed by atoms with Crippen molar-refractivity contribution in [3.8, 4) is 0 Å². The second-order valence-corrected chi connectivity index (χ2v) is 10.6. The zero-order valence-corrected chi connectivity index (χ0v) is 22.3. The number of fused-ring (bicyclic) bond motifs is 1. The molecule has 2 atom stereocenters. The van der Waals surface area contributed by atoms with Crippen LogP contribution in [-0.4, -0.2) is 52.5 Å². The van der Waals surface area contributed by atoms with E-state index in [9.17, 15) is 18.4 Å². The summed E-state index contributed by atoms with van der Waals surface area (Å²) in [6.07, 6.45) is 4.40. The molecule has 1 fully saturated rings. The lowest BCUT2D eigenvalue weighted by Gasteiger charge is -2.31. The molecule has 3 aromatic rings. The summed E-state index contributed by atoms with van der Waals surface area (Å²) >= 11 is -2.18. The van der Waals surface area contributed by atoms with Gasteiger partial charge in [-0.2, -0.15) is 4.98 Å². The van der Waals surface area contributed by atoms with Crippen LogP contribution < -0.4 is 27.2 Å². The van der Waals surface area contributed by atoms with E-state index in [1.54, 1.807) is 19.2 Å². The van der Waals surface area contributed by atoms with Gasteiger partial charge in [0, 0.05) is 45.0 Å². The van der Waals surface area contributed by atoms with Crippen molar-refractivity contribution in [1.82, 2.24) is 18.7 Å². The average Bonchev–Trinajstić information content (AvgIpc) is 3.25. The number of piperidine rings is 1. The van der Waals surface area contributed by atoms with E-state index in [1.165, 1.54) is 9.13 Å². The Morgan fingerprint density at radius 2 is 1.97 bits per heavy atom. The van der Waals surface area contributed by atoms with Gasteiger partial charge in [-0.1, -0.05) is 23.8 Å². The fourth-order valence-corrected chi connectivity index (χ4v) is 4.89. The maximum Gasteiger partial charge on any atom is 0.332 e. The van der Waals surface area contributed by atoms with Gasteiger partial charge in [0.25, 0.3) is 5.56 Å². The van der Waals surface area contributed by atoms with E-state index in [0.717, 1.165) is 30.5 Å². The molecular formula is C25H34N7O4S-. The highest BCUT2D eigenvalue weighted by Crippen LogP contribution is 2.23. The fraction of sp³-hybridized carbons (Fsp3) is 0.480. The Kier molecular flexibility index (Phi) is 8.30. The van der Waals surface area contributed by atoms with Crippen molar-refractivity contribution in [2.24, 2.45) is 12.8 Å². The predicted molar refractivity (Wildman–Crippen MR) is 146 cm³/mol. The molecule has 2 unspecified atom stereocenters. The van der Waals surface area contributed by atoms with Crippen molar-refractivity contribution in [3.05, 3.63) is 62.3 Å². The van der Waals surface area contributed by atoms with Crippen molar-refractivity contribution >= 4 is 33.9 Å². The lowest BCUT2D eigenvalue weighted by atomic mass is 10.1. The third-order valence-electron chi connectivity index (χ3n) is 6.61. The third kappa shape index (κ3) is 6.03. The van der Waals surface area contributed by atoms with E-state index in [4.69, 9.17) is 10.7 Å². The number of rotatable bonds is 9. The average molecular weight is 529 g/mol. The first-order valence-electron chi connectivity index (χ1n) is 12.4. The quantitative estimate of drug-likeness (QED) is 0.312. The Hall–Kier alpha value is -3.22. The molecule has 4 rings (SSSR count). The standard InChI is InChI=1S/C25H35N7O4S/c1-17(2)10-13-31-21-22(28-24(31)30-12-4-5-19(26)15-30)29(3)25(34)32(23(21)33)14-11-18-6-8-20(9-7-18)27-16-37(35)36/h6-10,19,27H,4-5,11-16,26H2,1-3H3,(H,35,36)/p-1. The molecule has 1 saturated heterocycles. The van der Waals surface area contributed by atoms with Crippen LogP contribution in [0.25, 0.3) is 11.2 Å². The molecule has 1 aliphatic rings. The Balaban J connectivity index is 1.70. The first kappa shape index (κ1) is 26.8. The second-order valence-electron chi connectivity index (χ2n) is 9.69. The molecule has 0 amide bonds. The first-order chi connectivity index (χ1) is 17.7. The molecule has 0 bridgehead atoms. The molecule has 3 heterocycles. The molecule has 2 aromatic heterocycles. The molecule has 1 aliphatic heterocycles.